The van der Waals surface area contributed by atoms with Gasteiger partial charge in [-0.1, -0.05) is 43.7 Å². The number of aliphatic hydroxyl groups is 1. The van der Waals surface area contributed by atoms with Crippen molar-refractivity contribution < 1.29 is 67.2 Å². The third kappa shape index (κ3) is 11.8. The van der Waals surface area contributed by atoms with Crippen LogP contribution in [0.15, 0.2) is 53.3 Å². The molecule has 4 aliphatic heterocycles. The predicted molar refractivity (Wildman–Crippen MR) is 257 cm³/mol. The minimum absolute atomic E-state index is 0.00312. The number of nitrogens with one attached hydrogen (secondary N) is 6. The third-order valence-electron chi connectivity index (χ3n) is 13.1. The summed E-state index contributed by atoms with van der Waals surface area (Å²) in [5, 5.41) is 27.1. The number of fused-ring (bicyclic) bond motifs is 6. The number of carbonyl (C=O) groups excluding carboxylic acids is 9. The summed E-state index contributed by atoms with van der Waals surface area (Å²) in [6.45, 7) is -0.670. The van der Waals surface area contributed by atoms with E-state index < -0.39 is 85.7 Å². The van der Waals surface area contributed by atoms with Crippen LogP contribution in [-0.2, 0) is 84.3 Å². The van der Waals surface area contributed by atoms with E-state index in [2.05, 4.69) is 31.9 Å². The SMILES string of the molecule is CC[C@@]1(O)C(=O)OCc2c1cc1n(c2=O)Cc2c-1nc1cc3c(cc1c2CNC(=O)COCNC(=O)CNC(=O)[C@H](Cc1ccccc1)NC(=O)CNC(=O)CNC(=O)CCCCCN1C(=O)CCC1=O)OCO3. The highest BCUT2D eigenvalue weighted by atomic mass is 16.7. The van der Waals surface area contributed by atoms with Gasteiger partial charge in [0, 0.05) is 61.4 Å². The molecule has 0 aliphatic carbocycles. The molecule has 4 aliphatic rings. The molecule has 6 heterocycles. The van der Waals surface area contributed by atoms with E-state index in [-0.39, 0.29) is 87.4 Å². The minimum atomic E-state index is -2.02. The Morgan fingerprint density at radius 2 is 1.49 bits per heavy atom. The first kappa shape index (κ1) is 52.1. The Balaban J connectivity index is 0.787. The number of benzene rings is 2. The van der Waals surface area contributed by atoms with Crippen LogP contribution >= 0.6 is 0 Å². The van der Waals surface area contributed by atoms with Gasteiger partial charge in [-0.3, -0.25) is 48.1 Å². The van der Waals surface area contributed by atoms with Gasteiger partial charge in [-0.25, -0.2) is 9.78 Å². The second-order valence-corrected chi connectivity index (χ2v) is 17.9. The third-order valence-corrected chi connectivity index (χ3v) is 13.1. The number of pyridine rings is 2. The number of hydrogen-bond acceptors (Lipinski definition) is 16. The van der Waals surface area contributed by atoms with Crippen LogP contribution in [0.1, 0.15) is 79.7 Å². The van der Waals surface area contributed by atoms with Gasteiger partial charge in [0.15, 0.2) is 17.1 Å². The number of amides is 8. The van der Waals surface area contributed by atoms with Crippen LogP contribution in [0.3, 0.4) is 0 Å². The van der Waals surface area contributed by atoms with E-state index in [0.717, 1.165) is 0 Å². The lowest BCUT2D eigenvalue weighted by Crippen LogP contribution is -2.52. The molecule has 0 spiro atoms. The van der Waals surface area contributed by atoms with Gasteiger partial charge in [0.05, 0.1) is 48.6 Å². The average Bonchev–Trinajstić information content (AvgIpc) is 4.11. The summed E-state index contributed by atoms with van der Waals surface area (Å²) in [6.07, 6.45) is 2.24. The molecule has 4 aromatic rings. The molecule has 0 radical (unpaired) electrons. The van der Waals surface area contributed by atoms with Crippen molar-refractivity contribution in [1.82, 2.24) is 46.4 Å². The second kappa shape index (κ2) is 23.1. The normalized spacial score (nSPS) is 16.4. The quantitative estimate of drug-likeness (QED) is 0.0184. The number of carbonyl (C=O) groups is 9. The van der Waals surface area contributed by atoms with Crippen molar-refractivity contribution in [3.05, 3.63) is 86.7 Å². The zero-order chi connectivity index (χ0) is 52.5. The summed E-state index contributed by atoms with van der Waals surface area (Å²) in [6, 6.07) is 12.6. The van der Waals surface area contributed by atoms with E-state index in [0.29, 0.717) is 76.3 Å². The van der Waals surface area contributed by atoms with Gasteiger partial charge in [0.25, 0.3) is 5.56 Å². The molecule has 1 saturated heterocycles. The van der Waals surface area contributed by atoms with Gasteiger partial charge in [-0.15, -0.1) is 0 Å². The Morgan fingerprint density at radius 1 is 0.784 bits per heavy atom. The lowest BCUT2D eigenvalue weighted by atomic mass is 9.86. The summed E-state index contributed by atoms with van der Waals surface area (Å²) < 4.78 is 23.3. The minimum Gasteiger partial charge on any atom is -0.458 e. The number of likely N-dealkylation sites (tertiary alicyclic amines) is 1. The Labute approximate surface area is 422 Å². The van der Waals surface area contributed by atoms with Crippen LogP contribution in [-0.4, -0.2) is 125 Å². The number of esters is 1. The number of ether oxygens (including phenoxy) is 4. The lowest BCUT2D eigenvalue weighted by Gasteiger charge is -2.31. The number of unbranched alkanes of at least 4 members (excludes halogenated alkanes) is 2. The second-order valence-electron chi connectivity index (χ2n) is 17.9. The number of aromatic nitrogens is 2. The molecule has 2 aromatic heterocycles. The molecule has 390 valence electrons. The van der Waals surface area contributed by atoms with Crippen LogP contribution in [0, 0.1) is 0 Å². The Kier molecular flexibility index (Phi) is 16.3. The Morgan fingerprint density at radius 3 is 2.24 bits per heavy atom. The predicted octanol–water partition coefficient (Wildman–Crippen LogP) is -0.700. The summed E-state index contributed by atoms with van der Waals surface area (Å²) in [5.41, 5.74) is 1.02. The largest absolute Gasteiger partial charge is 0.458 e. The zero-order valence-corrected chi connectivity index (χ0v) is 40.4. The van der Waals surface area contributed by atoms with Crippen LogP contribution in [0.2, 0.25) is 0 Å². The molecule has 1 fully saturated rings. The van der Waals surface area contributed by atoms with E-state index in [1.807, 2.05) is 0 Å². The smallest absolute Gasteiger partial charge is 0.343 e. The summed E-state index contributed by atoms with van der Waals surface area (Å²) >= 11 is 0. The lowest BCUT2D eigenvalue weighted by molar-refractivity contribution is -0.172. The average molecular weight is 1020 g/mol. The van der Waals surface area contributed by atoms with Crippen LogP contribution < -0.4 is 46.9 Å². The van der Waals surface area contributed by atoms with Crippen LogP contribution in [0.5, 0.6) is 11.5 Å². The maximum Gasteiger partial charge on any atom is 0.343 e. The molecule has 0 unspecified atom stereocenters. The number of imide groups is 1. The summed E-state index contributed by atoms with van der Waals surface area (Å²) in [7, 11) is 0. The van der Waals surface area contributed by atoms with Crippen molar-refractivity contribution in [3.8, 4) is 22.9 Å². The van der Waals surface area contributed by atoms with Crippen molar-refractivity contribution in [2.45, 2.75) is 89.6 Å². The van der Waals surface area contributed by atoms with Crippen molar-refractivity contribution >= 4 is 64.1 Å². The van der Waals surface area contributed by atoms with Gasteiger partial charge >= 0.3 is 5.97 Å². The fourth-order valence-corrected chi connectivity index (χ4v) is 9.04. The maximum absolute atomic E-state index is 13.9. The molecule has 74 heavy (non-hydrogen) atoms. The van der Waals surface area contributed by atoms with Crippen molar-refractivity contribution in [3.63, 3.8) is 0 Å². The van der Waals surface area contributed by atoms with Gasteiger partial charge in [0.2, 0.25) is 54.1 Å². The van der Waals surface area contributed by atoms with E-state index in [9.17, 15) is 53.1 Å². The maximum atomic E-state index is 13.9. The van der Waals surface area contributed by atoms with Crippen molar-refractivity contribution in [1.29, 1.82) is 0 Å². The van der Waals surface area contributed by atoms with Gasteiger partial charge in [-0.05, 0) is 42.5 Å². The fraction of sp³-hybridized carbons (Fsp3) is 0.420. The van der Waals surface area contributed by atoms with Gasteiger partial charge in [-0.2, -0.15) is 0 Å². The monoisotopic (exact) mass is 1020 g/mol. The van der Waals surface area contributed by atoms with Crippen LogP contribution in [0.25, 0.3) is 22.3 Å². The molecule has 24 heteroatoms. The first-order chi connectivity index (χ1) is 35.6. The Bertz CT molecular complexity index is 2960. The van der Waals surface area contributed by atoms with E-state index in [1.165, 1.54) is 9.47 Å². The topological polar surface area (TPSA) is 321 Å². The molecule has 7 N–H and O–H groups in total. The van der Waals surface area contributed by atoms with E-state index in [4.69, 9.17) is 23.9 Å². The molecular formula is C50H55N9O15. The molecule has 2 aromatic carbocycles. The Hall–Kier alpha value is -8.25. The van der Waals surface area contributed by atoms with Crippen LogP contribution in [0.4, 0.5) is 0 Å². The highest BCUT2D eigenvalue weighted by molar-refractivity contribution is 6.02. The van der Waals surface area contributed by atoms with E-state index in [1.54, 1.807) is 55.5 Å². The molecule has 8 rings (SSSR count). The highest BCUT2D eigenvalue weighted by Crippen LogP contribution is 2.43. The van der Waals surface area contributed by atoms with Crippen molar-refractivity contribution in [2.75, 3.05) is 46.3 Å². The molecule has 0 saturated carbocycles. The molecule has 0 bridgehead atoms. The first-order valence-corrected chi connectivity index (χ1v) is 24.1. The molecule has 24 nitrogen and oxygen atoms in total. The highest BCUT2D eigenvalue weighted by Gasteiger charge is 2.45. The van der Waals surface area contributed by atoms with Gasteiger partial charge in [0.1, 0.15) is 26.0 Å². The molecule has 8 amide bonds. The van der Waals surface area contributed by atoms with Crippen molar-refractivity contribution in [2.24, 2.45) is 0 Å². The zero-order valence-electron chi connectivity index (χ0n) is 40.4. The first-order valence-electron chi connectivity index (χ1n) is 24.1. The molecular weight excluding hydrogens is 967 g/mol. The summed E-state index contributed by atoms with van der Waals surface area (Å²) in [4.78, 5) is 133. The molecule has 2 atom stereocenters. The van der Waals surface area contributed by atoms with Gasteiger partial charge < -0.3 is 60.5 Å². The number of hydrogen-bond donors (Lipinski definition) is 7. The fourth-order valence-electron chi connectivity index (χ4n) is 9.04. The van der Waals surface area contributed by atoms with E-state index >= 15 is 0 Å². The number of nitrogens with zero attached hydrogens (tertiary/aromatic N) is 3. The number of rotatable bonds is 23. The standard InChI is InChI=1S/C50H55N9O15/c1-2-50(70)33-17-36-46-31(23-59(36)48(68)32(33)24-72-49(50)69)30(29-16-37-38(74-27-73-37)18-34(29)57-46)19-51-43(64)25-71-26-55-41(62)21-54-47(67)35(15-28-9-5-3-6-10-28)56-42(63)22-53-40(61)20-52-39(60)11-7-4-8-14-58-44(65)12-13-45(58)66/h3,5-6,9-10,16-18,35,70H,2,4,7-8,11-15,19-27H2,1H3,(H,51,64)(H,52,60)(H,53,61)(H,54,67)(H,55,62)(H,56,63)/t35-,50-/m0/s1. The summed E-state index contributed by atoms with van der Waals surface area (Å²) in [5.74, 6) is -3.99. The number of cyclic esters (lactones) is 1.